The zero-order valence-corrected chi connectivity index (χ0v) is 18.3. The van der Waals surface area contributed by atoms with Crippen LogP contribution in [0.2, 0.25) is 0 Å². The van der Waals surface area contributed by atoms with Gasteiger partial charge in [0, 0.05) is 11.1 Å². The van der Waals surface area contributed by atoms with Crippen molar-refractivity contribution < 1.29 is 4.39 Å². The summed E-state index contributed by atoms with van der Waals surface area (Å²) in [4.78, 5) is 15.5. The summed E-state index contributed by atoms with van der Waals surface area (Å²) in [6.07, 6.45) is 0. The maximum Gasteiger partial charge on any atom is 0.141 e. The Balaban J connectivity index is 0.00000114. The van der Waals surface area contributed by atoms with Crippen LogP contribution in [0.4, 0.5) is 4.39 Å². The number of imidazole rings is 2. The first-order valence-electron chi connectivity index (χ1n) is 8.68. The van der Waals surface area contributed by atoms with Crippen LogP contribution in [0, 0.1) is 11.2 Å². The molecule has 0 unspecified atom stereocenters. The maximum absolute atomic E-state index is 14.1. The molecule has 31 heavy (non-hydrogen) atoms. The van der Waals surface area contributed by atoms with Gasteiger partial charge in [-0.25, -0.2) is 14.4 Å². The average Bonchev–Trinajstić information content (AvgIpc) is 3.30. The number of benzene rings is 3. The van der Waals surface area contributed by atoms with Crippen molar-refractivity contribution in [1.82, 2.24) is 19.9 Å². The standard InChI is InChI=1S/C21H15FN6.3ClH/c22-14-4-2-1-3-13(14)21-26-16-8-6-12(10-18(16)28-21)20-25-15-7-5-11(19(23)24)9-17(15)27-20;;;/h1-10H,(H3,23,24)(H,25,27)(H,26,28);3*1H. The highest BCUT2D eigenvalue weighted by molar-refractivity contribution is 5.98. The third kappa shape index (κ3) is 4.34. The SMILES string of the molecule is Cl.Cl.Cl.N=C(N)c1ccc2nc(-c3ccc4nc(-c5ccccc5F)[nH]c4c3)[nH]c2c1. The molecule has 0 spiro atoms. The fraction of sp³-hybridized carbons (Fsp3) is 0. The van der Waals surface area contributed by atoms with Crippen LogP contribution in [0.25, 0.3) is 44.8 Å². The summed E-state index contributed by atoms with van der Waals surface area (Å²) >= 11 is 0. The van der Waals surface area contributed by atoms with E-state index in [0.29, 0.717) is 22.8 Å². The van der Waals surface area contributed by atoms with Crippen LogP contribution in [-0.4, -0.2) is 25.8 Å². The second kappa shape index (κ2) is 9.34. The number of nitrogens with zero attached hydrogens (tertiary/aromatic N) is 2. The van der Waals surface area contributed by atoms with Gasteiger partial charge in [-0.05, 0) is 48.5 Å². The van der Waals surface area contributed by atoms with Gasteiger partial charge in [0.05, 0.1) is 27.6 Å². The molecule has 0 bridgehead atoms. The fourth-order valence-corrected chi connectivity index (χ4v) is 3.25. The highest BCUT2D eigenvalue weighted by atomic mass is 35.5. The summed E-state index contributed by atoms with van der Waals surface area (Å²) < 4.78 is 14.1. The van der Waals surface area contributed by atoms with Gasteiger partial charge in [0.2, 0.25) is 0 Å². The molecule has 10 heteroatoms. The maximum atomic E-state index is 14.1. The minimum atomic E-state index is -0.319. The molecule has 0 aliphatic heterocycles. The Morgan fingerprint density at radius 3 is 2.13 bits per heavy atom. The Morgan fingerprint density at radius 2 is 1.42 bits per heavy atom. The molecule has 0 radical (unpaired) electrons. The number of hydrogen-bond donors (Lipinski definition) is 4. The molecule has 2 heterocycles. The Morgan fingerprint density at radius 1 is 0.806 bits per heavy atom. The van der Waals surface area contributed by atoms with E-state index >= 15 is 0 Å². The molecule has 2 aromatic heterocycles. The van der Waals surface area contributed by atoms with Crippen molar-refractivity contribution in [2.75, 3.05) is 0 Å². The van der Waals surface area contributed by atoms with Crippen molar-refractivity contribution in [2.45, 2.75) is 0 Å². The molecule has 0 amide bonds. The van der Waals surface area contributed by atoms with Crippen molar-refractivity contribution in [3.05, 3.63) is 72.0 Å². The summed E-state index contributed by atoms with van der Waals surface area (Å²) in [7, 11) is 0. The molecule has 0 saturated carbocycles. The van der Waals surface area contributed by atoms with Crippen molar-refractivity contribution in [1.29, 1.82) is 5.41 Å². The number of hydrogen-bond acceptors (Lipinski definition) is 3. The number of rotatable bonds is 3. The van der Waals surface area contributed by atoms with Gasteiger partial charge in [0.25, 0.3) is 0 Å². The number of H-pyrrole nitrogens is 2. The first-order chi connectivity index (χ1) is 13.6. The molecule has 5 aromatic rings. The molecule has 0 fully saturated rings. The summed E-state index contributed by atoms with van der Waals surface area (Å²) in [5.41, 5.74) is 10.6. The largest absolute Gasteiger partial charge is 0.384 e. The molecule has 0 aliphatic rings. The third-order valence-corrected chi connectivity index (χ3v) is 4.68. The van der Waals surface area contributed by atoms with E-state index in [4.69, 9.17) is 11.1 Å². The van der Waals surface area contributed by atoms with Gasteiger partial charge in [-0.2, -0.15) is 0 Å². The molecule has 3 aromatic carbocycles. The first-order valence-corrected chi connectivity index (χ1v) is 8.68. The Hall–Kier alpha value is -3.13. The number of amidine groups is 1. The minimum Gasteiger partial charge on any atom is -0.384 e. The fourth-order valence-electron chi connectivity index (χ4n) is 3.25. The second-order valence-corrected chi connectivity index (χ2v) is 6.53. The molecule has 6 nitrogen and oxygen atoms in total. The number of aromatic amines is 2. The van der Waals surface area contributed by atoms with Crippen LogP contribution in [-0.2, 0) is 0 Å². The van der Waals surface area contributed by atoms with Crippen molar-refractivity contribution in [3.8, 4) is 22.8 Å². The highest BCUT2D eigenvalue weighted by Gasteiger charge is 2.12. The van der Waals surface area contributed by atoms with Crippen molar-refractivity contribution in [2.24, 2.45) is 5.73 Å². The molecule has 0 atom stereocenters. The molecule has 0 aliphatic carbocycles. The van der Waals surface area contributed by atoms with Crippen molar-refractivity contribution >= 4 is 65.1 Å². The topological polar surface area (TPSA) is 107 Å². The van der Waals surface area contributed by atoms with Gasteiger partial charge >= 0.3 is 0 Å². The quantitative estimate of drug-likeness (QED) is 0.204. The molecule has 0 saturated heterocycles. The predicted molar refractivity (Wildman–Crippen MR) is 129 cm³/mol. The monoisotopic (exact) mass is 478 g/mol. The number of fused-ring (bicyclic) bond motifs is 2. The number of nitrogens with one attached hydrogen (secondary N) is 3. The lowest BCUT2D eigenvalue weighted by Crippen LogP contribution is -2.10. The molecule has 5 rings (SSSR count). The van der Waals surface area contributed by atoms with E-state index in [2.05, 4.69) is 19.9 Å². The lowest BCUT2D eigenvalue weighted by atomic mass is 10.2. The minimum absolute atomic E-state index is 0. The normalized spacial score (nSPS) is 10.2. The van der Waals surface area contributed by atoms with Gasteiger partial charge in [0.1, 0.15) is 23.3 Å². The molecular formula is C21H18Cl3FN6. The Labute approximate surface area is 195 Å². The molecule has 5 N–H and O–H groups in total. The van der Waals surface area contributed by atoms with Crippen LogP contribution in [0.15, 0.2) is 60.7 Å². The number of nitrogens with two attached hydrogens (primary N) is 1. The van der Waals surface area contributed by atoms with E-state index < -0.39 is 0 Å². The smallest absolute Gasteiger partial charge is 0.141 e. The van der Waals surface area contributed by atoms with Gasteiger partial charge in [0.15, 0.2) is 0 Å². The Bertz CT molecular complexity index is 1380. The average molecular weight is 480 g/mol. The summed E-state index contributed by atoms with van der Waals surface area (Å²) in [5, 5.41) is 7.57. The molecule has 160 valence electrons. The lowest BCUT2D eigenvalue weighted by molar-refractivity contribution is 0.630. The van der Waals surface area contributed by atoms with Gasteiger partial charge in [-0.1, -0.05) is 12.1 Å². The zero-order valence-electron chi connectivity index (χ0n) is 15.8. The van der Waals surface area contributed by atoms with E-state index in [1.54, 1.807) is 30.3 Å². The highest BCUT2D eigenvalue weighted by Crippen LogP contribution is 2.27. The lowest BCUT2D eigenvalue weighted by Gasteiger charge is -1.97. The van der Waals surface area contributed by atoms with E-state index in [1.807, 2.05) is 24.3 Å². The van der Waals surface area contributed by atoms with Crippen LogP contribution in [0.5, 0.6) is 0 Å². The van der Waals surface area contributed by atoms with Crippen LogP contribution < -0.4 is 5.73 Å². The zero-order chi connectivity index (χ0) is 19.3. The van der Waals surface area contributed by atoms with Crippen molar-refractivity contribution in [3.63, 3.8) is 0 Å². The number of halogens is 4. The molecular weight excluding hydrogens is 462 g/mol. The summed E-state index contributed by atoms with van der Waals surface area (Å²) in [6.45, 7) is 0. The van der Waals surface area contributed by atoms with E-state index in [1.165, 1.54) is 6.07 Å². The first kappa shape index (κ1) is 24.1. The van der Waals surface area contributed by atoms with Crippen LogP contribution >= 0.6 is 37.2 Å². The van der Waals surface area contributed by atoms with Gasteiger partial charge in [-0.15, -0.1) is 37.2 Å². The van der Waals surface area contributed by atoms with Gasteiger partial charge in [-0.3, -0.25) is 5.41 Å². The second-order valence-electron chi connectivity index (χ2n) is 6.53. The number of aromatic nitrogens is 4. The van der Waals surface area contributed by atoms with E-state index in [9.17, 15) is 4.39 Å². The van der Waals surface area contributed by atoms with Crippen LogP contribution in [0.1, 0.15) is 5.56 Å². The summed E-state index contributed by atoms with van der Waals surface area (Å²) in [5.74, 6) is 0.874. The third-order valence-electron chi connectivity index (χ3n) is 4.68. The van der Waals surface area contributed by atoms with Gasteiger partial charge < -0.3 is 15.7 Å². The summed E-state index contributed by atoms with van der Waals surface area (Å²) in [6, 6.07) is 17.7. The van der Waals surface area contributed by atoms with Crippen LogP contribution in [0.3, 0.4) is 0 Å². The van der Waals surface area contributed by atoms with E-state index in [-0.39, 0.29) is 48.9 Å². The Kier molecular flexibility index (Phi) is 7.28. The van der Waals surface area contributed by atoms with E-state index in [0.717, 1.165) is 27.6 Å². The number of nitrogen functional groups attached to an aromatic ring is 1. The predicted octanol–water partition coefficient (Wildman–Crippen LogP) is 5.46.